The Morgan fingerprint density at radius 2 is 2.21 bits per heavy atom. The number of rotatable bonds is 5. The predicted molar refractivity (Wildman–Crippen MR) is 78.3 cm³/mol. The third-order valence-electron chi connectivity index (χ3n) is 3.91. The van der Waals surface area contributed by atoms with Crippen molar-refractivity contribution in [3.63, 3.8) is 0 Å². The van der Waals surface area contributed by atoms with Gasteiger partial charge in [-0.3, -0.25) is 4.79 Å². The van der Waals surface area contributed by atoms with E-state index in [0.29, 0.717) is 12.5 Å². The van der Waals surface area contributed by atoms with Crippen LogP contribution in [0.15, 0.2) is 18.2 Å². The average Bonchev–Trinajstić information content (AvgIpc) is 2.87. The number of aryl methyl sites for hydroxylation is 2. The first-order valence-electron chi connectivity index (χ1n) is 7.21. The van der Waals surface area contributed by atoms with Crippen LogP contribution in [0.2, 0.25) is 0 Å². The van der Waals surface area contributed by atoms with Crippen molar-refractivity contribution in [3.05, 3.63) is 34.9 Å². The number of benzene rings is 1. The van der Waals surface area contributed by atoms with Gasteiger partial charge in [-0.05, 0) is 56.3 Å². The first-order chi connectivity index (χ1) is 9.15. The monoisotopic (exact) mass is 260 g/mol. The maximum Gasteiger partial charge on any atom is 0.224 e. The summed E-state index contributed by atoms with van der Waals surface area (Å²) in [5.74, 6) is 0.126. The Morgan fingerprint density at radius 3 is 2.89 bits per heavy atom. The molecule has 1 aliphatic heterocycles. The van der Waals surface area contributed by atoms with Crippen molar-refractivity contribution in [3.8, 4) is 0 Å². The van der Waals surface area contributed by atoms with Gasteiger partial charge in [0.15, 0.2) is 0 Å². The smallest absolute Gasteiger partial charge is 0.224 e. The second-order valence-electron chi connectivity index (χ2n) is 5.53. The zero-order valence-corrected chi connectivity index (χ0v) is 12.0. The van der Waals surface area contributed by atoms with Crippen molar-refractivity contribution < 1.29 is 4.79 Å². The number of hydrogen-bond donors (Lipinski definition) is 2. The van der Waals surface area contributed by atoms with E-state index in [9.17, 15) is 4.79 Å². The molecule has 1 amide bonds. The minimum absolute atomic E-state index is 0.126. The van der Waals surface area contributed by atoms with Crippen LogP contribution in [-0.4, -0.2) is 25.0 Å². The lowest BCUT2D eigenvalue weighted by Crippen LogP contribution is -2.31. The summed E-state index contributed by atoms with van der Waals surface area (Å²) >= 11 is 0. The van der Waals surface area contributed by atoms with E-state index in [1.807, 2.05) is 6.07 Å². The zero-order chi connectivity index (χ0) is 13.7. The predicted octanol–water partition coefficient (Wildman–Crippen LogP) is 2.10. The van der Waals surface area contributed by atoms with Gasteiger partial charge < -0.3 is 10.6 Å². The molecule has 0 saturated carbocycles. The number of nitrogens with one attached hydrogen (secondary N) is 2. The van der Waals surface area contributed by atoms with Gasteiger partial charge >= 0.3 is 0 Å². The van der Waals surface area contributed by atoms with Gasteiger partial charge in [-0.15, -0.1) is 0 Å². The summed E-state index contributed by atoms with van der Waals surface area (Å²) in [5.41, 5.74) is 3.62. The summed E-state index contributed by atoms with van der Waals surface area (Å²) in [5, 5.41) is 6.46. The summed E-state index contributed by atoms with van der Waals surface area (Å²) in [6, 6.07) is 6.83. The van der Waals surface area contributed by atoms with Crippen LogP contribution < -0.4 is 10.6 Å². The van der Waals surface area contributed by atoms with Crippen molar-refractivity contribution in [1.29, 1.82) is 0 Å². The highest BCUT2D eigenvalue weighted by Crippen LogP contribution is 2.10. The molecule has 1 aliphatic rings. The molecule has 1 fully saturated rings. The molecular formula is C16H24N2O. The van der Waals surface area contributed by atoms with E-state index in [-0.39, 0.29) is 5.91 Å². The lowest BCUT2D eigenvalue weighted by atomic mass is 10.0. The van der Waals surface area contributed by atoms with E-state index in [4.69, 9.17) is 0 Å². The fourth-order valence-electron chi connectivity index (χ4n) is 2.55. The van der Waals surface area contributed by atoms with Gasteiger partial charge in [0, 0.05) is 12.6 Å². The van der Waals surface area contributed by atoms with Crippen LogP contribution in [0.25, 0.3) is 0 Å². The first kappa shape index (κ1) is 14.1. The second kappa shape index (κ2) is 6.71. The Balaban J connectivity index is 1.72. The van der Waals surface area contributed by atoms with Gasteiger partial charge in [-0.1, -0.05) is 18.2 Å². The van der Waals surface area contributed by atoms with Crippen LogP contribution in [0.3, 0.4) is 0 Å². The highest BCUT2D eigenvalue weighted by molar-refractivity contribution is 5.78. The van der Waals surface area contributed by atoms with Gasteiger partial charge in [0.25, 0.3) is 0 Å². The molecule has 0 aromatic heterocycles. The number of carbonyl (C=O) groups excluding carboxylic acids is 1. The molecule has 1 aromatic rings. The third-order valence-corrected chi connectivity index (χ3v) is 3.91. The maximum absolute atomic E-state index is 11.9. The summed E-state index contributed by atoms with van der Waals surface area (Å²) < 4.78 is 0. The maximum atomic E-state index is 11.9. The molecule has 1 saturated heterocycles. The minimum Gasteiger partial charge on any atom is -0.356 e. The van der Waals surface area contributed by atoms with Crippen LogP contribution in [0, 0.1) is 13.8 Å². The molecule has 2 rings (SSSR count). The molecule has 0 unspecified atom stereocenters. The van der Waals surface area contributed by atoms with Gasteiger partial charge in [0.2, 0.25) is 5.91 Å². The quantitative estimate of drug-likeness (QED) is 0.851. The van der Waals surface area contributed by atoms with E-state index in [1.54, 1.807) is 0 Å². The first-order valence-corrected chi connectivity index (χ1v) is 7.21. The Kier molecular flexibility index (Phi) is 4.97. The van der Waals surface area contributed by atoms with E-state index in [0.717, 1.165) is 25.1 Å². The van der Waals surface area contributed by atoms with Gasteiger partial charge in [0.05, 0.1) is 6.42 Å². The standard InChI is InChI=1S/C16H24N2O/c1-12-5-6-14(10-13(12)2)11-16(19)18-9-7-15-4-3-8-17-15/h5-6,10,15,17H,3-4,7-9,11H2,1-2H3,(H,18,19)/t15-/m1/s1. The van der Waals surface area contributed by atoms with Gasteiger partial charge in [-0.25, -0.2) is 0 Å². The highest BCUT2D eigenvalue weighted by Gasteiger charge is 2.13. The lowest BCUT2D eigenvalue weighted by molar-refractivity contribution is -0.120. The molecular weight excluding hydrogens is 236 g/mol. The molecule has 3 nitrogen and oxygen atoms in total. The minimum atomic E-state index is 0.126. The van der Waals surface area contributed by atoms with Crippen molar-refractivity contribution in [2.24, 2.45) is 0 Å². The molecule has 0 radical (unpaired) electrons. The van der Waals surface area contributed by atoms with Crippen LogP contribution in [-0.2, 0) is 11.2 Å². The average molecular weight is 260 g/mol. The molecule has 0 aliphatic carbocycles. The second-order valence-corrected chi connectivity index (χ2v) is 5.53. The molecule has 3 heteroatoms. The van der Waals surface area contributed by atoms with Crippen molar-refractivity contribution in [1.82, 2.24) is 10.6 Å². The van der Waals surface area contributed by atoms with Crippen LogP contribution in [0.4, 0.5) is 0 Å². The third kappa shape index (κ3) is 4.35. The van der Waals surface area contributed by atoms with Crippen LogP contribution in [0.1, 0.15) is 36.0 Å². The molecule has 1 aromatic carbocycles. The molecule has 19 heavy (non-hydrogen) atoms. The lowest BCUT2D eigenvalue weighted by Gasteiger charge is -2.11. The largest absolute Gasteiger partial charge is 0.356 e. The summed E-state index contributed by atoms with van der Waals surface area (Å²) in [4.78, 5) is 11.9. The fourth-order valence-corrected chi connectivity index (χ4v) is 2.55. The Bertz CT molecular complexity index is 436. The summed E-state index contributed by atoms with van der Waals surface area (Å²) in [6.07, 6.45) is 4.03. The molecule has 1 atom stereocenters. The number of carbonyl (C=O) groups is 1. The van der Waals surface area contributed by atoms with Gasteiger partial charge in [0.1, 0.15) is 0 Å². The SMILES string of the molecule is Cc1ccc(CC(=O)NCC[C@H]2CCCN2)cc1C. The number of amides is 1. The summed E-state index contributed by atoms with van der Waals surface area (Å²) in [6.45, 7) is 6.08. The fraction of sp³-hybridized carbons (Fsp3) is 0.562. The van der Waals surface area contributed by atoms with E-state index >= 15 is 0 Å². The molecule has 1 heterocycles. The topological polar surface area (TPSA) is 41.1 Å². The Hall–Kier alpha value is -1.35. The Labute approximate surface area is 115 Å². The normalized spacial score (nSPS) is 18.5. The van der Waals surface area contributed by atoms with Crippen molar-refractivity contribution in [2.45, 2.75) is 45.6 Å². The molecule has 0 bridgehead atoms. The Morgan fingerprint density at radius 1 is 1.37 bits per heavy atom. The molecule has 2 N–H and O–H groups in total. The zero-order valence-electron chi connectivity index (χ0n) is 12.0. The van der Waals surface area contributed by atoms with Crippen LogP contribution in [0.5, 0.6) is 0 Å². The highest BCUT2D eigenvalue weighted by atomic mass is 16.1. The number of hydrogen-bond acceptors (Lipinski definition) is 2. The summed E-state index contributed by atoms with van der Waals surface area (Å²) in [7, 11) is 0. The van der Waals surface area contributed by atoms with Crippen molar-refractivity contribution >= 4 is 5.91 Å². The van der Waals surface area contributed by atoms with Gasteiger partial charge in [-0.2, -0.15) is 0 Å². The van der Waals surface area contributed by atoms with E-state index < -0.39 is 0 Å². The van der Waals surface area contributed by atoms with Crippen molar-refractivity contribution in [2.75, 3.05) is 13.1 Å². The van der Waals surface area contributed by atoms with E-state index in [1.165, 1.54) is 24.0 Å². The van der Waals surface area contributed by atoms with E-state index in [2.05, 4.69) is 36.6 Å². The van der Waals surface area contributed by atoms with Crippen LogP contribution >= 0.6 is 0 Å². The molecule has 0 spiro atoms. The molecule has 104 valence electrons.